The van der Waals surface area contributed by atoms with Gasteiger partial charge in [-0.2, -0.15) is 0 Å². The third-order valence-electron chi connectivity index (χ3n) is 5.20. The number of ether oxygens (including phenoxy) is 3. The molecule has 6 heteroatoms. The molecule has 1 aliphatic rings. The van der Waals surface area contributed by atoms with Crippen LogP contribution in [0.5, 0.6) is 0 Å². The molecule has 0 bridgehead atoms. The predicted octanol–water partition coefficient (Wildman–Crippen LogP) is 6.32. The molecule has 3 atom stereocenters. The van der Waals surface area contributed by atoms with Gasteiger partial charge in [0.05, 0.1) is 6.61 Å². The van der Waals surface area contributed by atoms with E-state index in [9.17, 15) is 4.79 Å². The standard InChI is InChI=1S/C25H22Cl2O4/c1-2-29-24(28)25(16-17-8-4-3-5-9-17)22(18-10-6-12-20(26)14-18)30-23(31-25)19-11-7-13-21(27)15-19/h3-15,22-23H,2,16H2,1H3/t22-,23-,25+/m1/s1. The Morgan fingerprint density at radius 1 is 0.935 bits per heavy atom. The van der Waals surface area contributed by atoms with Crippen molar-refractivity contribution in [1.82, 2.24) is 0 Å². The molecule has 0 radical (unpaired) electrons. The van der Waals surface area contributed by atoms with Gasteiger partial charge < -0.3 is 14.2 Å². The molecule has 0 unspecified atom stereocenters. The first kappa shape index (κ1) is 21.8. The summed E-state index contributed by atoms with van der Waals surface area (Å²) in [6, 6.07) is 24.2. The van der Waals surface area contributed by atoms with E-state index in [4.69, 9.17) is 37.4 Å². The molecule has 4 nitrogen and oxygen atoms in total. The first-order chi connectivity index (χ1) is 15.0. The van der Waals surface area contributed by atoms with Crippen LogP contribution >= 0.6 is 23.2 Å². The molecule has 0 saturated carbocycles. The maximum absolute atomic E-state index is 13.4. The summed E-state index contributed by atoms with van der Waals surface area (Å²) in [6.07, 6.45) is -1.24. The highest BCUT2D eigenvalue weighted by molar-refractivity contribution is 6.30. The summed E-state index contributed by atoms with van der Waals surface area (Å²) in [7, 11) is 0. The Balaban J connectivity index is 1.83. The van der Waals surface area contributed by atoms with E-state index >= 15 is 0 Å². The molecule has 0 aliphatic carbocycles. The number of carbonyl (C=O) groups excluding carboxylic acids is 1. The first-order valence-corrected chi connectivity index (χ1v) is 10.8. The Labute approximate surface area is 191 Å². The minimum atomic E-state index is -1.39. The summed E-state index contributed by atoms with van der Waals surface area (Å²) in [4.78, 5) is 13.4. The monoisotopic (exact) mass is 456 g/mol. The van der Waals surface area contributed by atoms with Crippen LogP contribution in [0.15, 0.2) is 78.9 Å². The molecule has 1 heterocycles. The molecule has 31 heavy (non-hydrogen) atoms. The second-order valence-electron chi connectivity index (χ2n) is 7.35. The molecule has 1 fully saturated rings. The van der Waals surface area contributed by atoms with Crippen LogP contribution in [0.3, 0.4) is 0 Å². The highest BCUT2D eigenvalue weighted by atomic mass is 35.5. The van der Waals surface area contributed by atoms with Crippen molar-refractivity contribution in [3.8, 4) is 0 Å². The van der Waals surface area contributed by atoms with E-state index < -0.39 is 24.0 Å². The van der Waals surface area contributed by atoms with Crippen molar-refractivity contribution in [2.24, 2.45) is 0 Å². The fourth-order valence-electron chi connectivity index (χ4n) is 3.85. The lowest BCUT2D eigenvalue weighted by Gasteiger charge is -2.30. The highest BCUT2D eigenvalue weighted by Crippen LogP contribution is 2.49. The van der Waals surface area contributed by atoms with E-state index in [0.29, 0.717) is 10.0 Å². The second kappa shape index (κ2) is 9.41. The second-order valence-corrected chi connectivity index (χ2v) is 8.22. The number of esters is 1. The van der Waals surface area contributed by atoms with Crippen LogP contribution in [0.1, 0.15) is 36.0 Å². The number of hydrogen-bond acceptors (Lipinski definition) is 4. The van der Waals surface area contributed by atoms with E-state index in [1.54, 1.807) is 31.2 Å². The molecule has 0 amide bonds. The van der Waals surface area contributed by atoms with Crippen LogP contribution in [0.4, 0.5) is 0 Å². The normalized spacial score (nSPS) is 22.9. The number of carbonyl (C=O) groups is 1. The van der Waals surface area contributed by atoms with Crippen molar-refractivity contribution in [1.29, 1.82) is 0 Å². The van der Waals surface area contributed by atoms with Crippen molar-refractivity contribution >= 4 is 29.2 Å². The minimum Gasteiger partial charge on any atom is -0.464 e. The summed E-state index contributed by atoms with van der Waals surface area (Å²) >= 11 is 12.5. The van der Waals surface area contributed by atoms with Crippen molar-refractivity contribution in [3.05, 3.63) is 106 Å². The minimum absolute atomic E-state index is 0.225. The van der Waals surface area contributed by atoms with Gasteiger partial charge in [-0.05, 0) is 42.3 Å². The Morgan fingerprint density at radius 3 is 2.23 bits per heavy atom. The number of halogens is 2. The quantitative estimate of drug-likeness (QED) is 0.406. The summed E-state index contributed by atoms with van der Waals surface area (Å²) < 4.78 is 18.3. The Morgan fingerprint density at radius 2 is 1.58 bits per heavy atom. The Bertz CT molecular complexity index is 1060. The molecular weight excluding hydrogens is 435 g/mol. The van der Waals surface area contributed by atoms with Gasteiger partial charge in [-0.1, -0.05) is 77.8 Å². The highest BCUT2D eigenvalue weighted by Gasteiger charge is 2.57. The van der Waals surface area contributed by atoms with Crippen molar-refractivity contribution in [2.75, 3.05) is 6.61 Å². The van der Waals surface area contributed by atoms with Gasteiger partial charge in [0.1, 0.15) is 6.10 Å². The van der Waals surface area contributed by atoms with Crippen LogP contribution in [0.25, 0.3) is 0 Å². The van der Waals surface area contributed by atoms with Gasteiger partial charge in [0.2, 0.25) is 5.60 Å². The zero-order chi connectivity index (χ0) is 21.8. The van der Waals surface area contributed by atoms with Gasteiger partial charge in [-0.15, -0.1) is 0 Å². The zero-order valence-electron chi connectivity index (χ0n) is 17.0. The van der Waals surface area contributed by atoms with E-state index in [0.717, 1.165) is 16.7 Å². The van der Waals surface area contributed by atoms with Crippen LogP contribution in [0, 0.1) is 0 Å². The van der Waals surface area contributed by atoms with Gasteiger partial charge >= 0.3 is 5.97 Å². The predicted molar refractivity (Wildman–Crippen MR) is 120 cm³/mol. The third kappa shape index (κ3) is 4.63. The van der Waals surface area contributed by atoms with Crippen LogP contribution in [-0.2, 0) is 25.4 Å². The van der Waals surface area contributed by atoms with Crippen molar-refractivity contribution < 1.29 is 19.0 Å². The van der Waals surface area contributed by atoms with Crippen LogP contribution in [0.2, 0.25) is 10.0 Å². The average molecular weight is 457 g/mol. The molecule has 0 spiro atoms. The van der Waals surface area contributed by atoms with Crippen LogP contribution in [-0.4, -0.2) is 18.2 Å². The van der Waals surface area contributed by atoms with E-state index in [-0.39, 0.29) is 13.0 Å². The lowest BCUT2D eigenvalue weighted by Crippen LogP contribution is -2.46. The molecule has 160 valence electrons. The maximum Gasteiger partial charge on any atom is 0.342 e. The average Bonchev–Trinajstić information content (AvgIpc) is 3.15. The molecule has 1 saturated heterocycles. The van der Waals surface area contributed by atoms with Crippen molar-refractivity contribution in [2.45, 2.75) is 31.3 Å². The lowest BCUT2D eigenvalue weighted by molar-refractivity contribution is -0.173. The van der Waals surface area contributed by atoms with Gasteiger partial charge in [0, 0.05) is 22.0 Å². The number of benzene rings is 3. The Kier molecular flexibility index (Phi) is 6.63. The van der Waals surface area contributed by atoms with Crippen LogP contribution < -0.4 is 0 Å². The van der Waals surface area contributed by atoms with E-state index in [2.05, 4.69) is 0 Å². The van der Waals surface area contributed by atoms with Gasteiger partial charge in [0.25, 0.3) is 0 Å². The topological polar surface area (TPSA) is 44.8 Å². The molecule has 4 rings (SSSR count). The SMILES string of the molecule is CCOC(=O)[C@@]1(Cc2ccccc2)O[C@H](c2cccc(Cl)c2)O[C@@H]1c1cccc(Cl)c1. The summed E-state index contributed by atoms with van der Waals surface area (Å²) in [5.41, 5.74) is 0.993. The smallest absolute Gasteiger partial charge is 0.342 e. The molecule has 1 aliphatic heterocycles. The summed E-state index contributed by atoms with van der Waals surface area (Å²) in [6.45, 7) is 2.00. The van der Waals surface area contributed by atoms with E-state index in [1.165, 1.54) is 0 Å². The van der Waals surface area contributed by atoms with E-state index in [1.807, 2.05) is 54.6 Å². The molecule has 0 aromatic heterocycles. The fraction of sp³-hybridized carbons (Fsp3) is 0.240. The number of hydrogen-bond donors (Lipinski definition) is 0. The van der Waals surface area contributed by atoms with Crippen molar-refractivity contribution in [3.63, 3.8) is 0 Å². The maximum atomic E-state index is 13.4. The first-order valence-electron chi connectivity index (χ1n) is 10.1. The molecule has 3 aromatic carbocycles. The third-order valence-corrected chi connectivity index (χ3v) is 5.67. The molecule has 0 N–H and O–H groups in total. The molecular formula is C25H22Cl2O4. The van der Waals surface area contributed by atoms with Gasteiger partial charge in [0.15, 0.2) is 6.29 Å². The zero-order valence-corrected chi connectivity index (χ0v) is 18.5. The van der Waals surface area contributed by atoms with Gasteiger partial charge in [-0.25, -0.2) is 4.79 Å². The molecule has 3 aromatic rings. The Hall–Kier alpha value is -2.37. The summed E-state index contributed by atoms with van der Waals surface area (Å²) in [5, 5.41) is 1.10. The lowest BCUT2D eigenvalue weighted by atomic mass is 9.85. The largest absolute Gasteiger partial charge is 0.464 e. The van der Waals surface area contributed by atoms with Gasteiger partial charge in [-0.3, -0.25) is 0 Å². The number of rotatable bonds is 6. The fourth-order valence-corrected chi connectivity index (χ4v) is 4.24. The summed E-state index contributed by atoms with van der Waals surface area (Å²) in [5.74, 6) is -0.478.